The van der Waals surface area contributed by atoms with E-state index in [1.54, 1.807) is 24.5 Å². The molecule has 2 aromatic heterocycles. The number of hydrogen-bond donors (Lipinski definition) is 1. The van der Waals surface area contributed by atoms with Crippen molar-refractivity contribution >= 4 is 16.5 Å². The maximum Gasteiger partial charge on any atom is 0.266 e. The molecule has 2 aromatic rings. The summed E-state index contributed by atoms with van der Waals surface area (Å²) in [5.74, 6) is 0. The van der Waals surface area contributed by atoms with Crippen LogP contribution in [0.5, 0.6) is 0 Å². The molecule has 0 unspecified atom stereocenters. The largest absolute Gasteiger partial charge is 0.383 e. The second kappa shape index (κ2) is 7.90. The van der Waals surface area contributed by atoms with Crippen molar-refractivity contribution in [2.24, 2.45) is 0 Å². The smallest absolute Gasteiger partial charge is 0.266 e. The highest BCUT2D eigenvalue weighted by molar-refractivity contribution is 7.14. The number of unbranched alkanes of at least 4 members (excludes halogenated alkanes) is 1. The SMILES string of the molecule is CCCCNc1nc(-c2ccc(=O)n(CCOC)n2)cs1. The van der Waals surface area contributed by atoms with Crippen LogP contribution in [0.25, 0.3) is 11.4 Å². The molecule has 0 radical (unpaired) electrons. The maximum absolute atomic E-state index is 11.7. The quantitative estimate of drug-likeness (QED) is 0.757. The first kappa shape index (κ1) is 15.7. The molecule has 0 fully saturated rings. The Bertz CT molecular complexity index is 623. The summed E-state index contributed by atoms with van der Waals surface area (Å²) in [4.78, 5) is 16.2. The van der Waals surface area contributed by atoms with E-state index in [-0.39, 0.29) is 5.56 Å². The summed E-state index contributed by atoms with van der Waals surface area (Å²) in [6, 6.07) is 3.22. The van der Waals surface area contributed by atoms with Crippen LogP contribution in [0.3, 0.4) is 0 Å². The summed E-state index contributed by atoms with van der Waals surface area (Å²) in [6.07, 6.45) is 2.27. The van der Waals surface area contributed by atoms with Crippen LogP contribution in [0.15, 0.2) is 22.3 Å². The first-order chi connectivity index (χ1) is 10.2. The van der Waals surface area contributed by atoms with Crippen LogP contribution in [-0.4, -0.2) is 35.0 Å². The van der Waals surface area contributed by atoms with Crippen molar-refractivity contribution in [1.29, 1.82) is 0 Å². The second-order valence-corrected chi connectivity index (χ2v) is 5.45. The summed E-state index contributed by atoms with van der Waals surface area (Å²) in [5.41, 5.74) is 1.35. The van der Waals surface area contributed by atoms with Crippen LogP contribution in [0.4, 0.5) is 5.13 Å². The average Bonchev–Trinajstić information content (AvgIpc) is 2.95. The van der Waals surface area contributed by atoms with Gasteiger partial charge in [0, 0.05) is 25.1 Å². The molecule has 0 aliphatic carbocycles. The van der Waals surface area contributed by atoms with Gasteiger partial charge in [-0.05, 0) is 12.5 Å². The minimum Gasteiger partial charge on any atom is -0.383 e. The Kier molecular flexibility index (Phi) is 5.89. The Morgan fingerprint density at radius 1 is 1.38 bits per heavy atom. The Morgan fingerprint density at radius 3 is 3.00 bits per heavy atom. The van der Waals surface area contributed by atoms with E-state index >= 15 is 0 Å². The third-order valence-corrected chi connectivity index (χ3v) is 3.75. The normalized spacial score (nSPS) is 10.8. The molecule has 2 rings (SSSR count). The molecule has 0 saturated carbocycles. The average molecular weight is 308 g/mol. The van der Waals surface area contributed by atoms with Gasteiger partial charge in [-0.3, -0.25) is 4.79 Å². The predicted molar refractivity (Wildman–Crippen MR) is 84.9 cm³/mol. The van der Waals surface area contributed by atoms with E-state index in [1.165, 1.54) is 10.7 Å². The van der Waals surface area contributed by atoms with Crippen molar-refractivity contribution in [1.82, 2.24) is 14.8 Å². The molecule has 1 N–H and O–H groups in total. The first-order valence-corrected chi connectivity index (χ1v) is 7.89. The summed E-state index contributed by atoms with van der Waals surface area (Å²) in [7, 11) is 1.60. The zero-order valence-corrected chi connectivity index (χ0v) is 13.2. The lowest BCUT2D eigenvalue weighted by molar-refractivity contribution is 0.182. The molecule has 0 saturated heterocycles. The highest BCUT2D eigenvalue weighted by atomic mass is 32.1. The van der Waals surface area contributed by atoms with E-state index in [1.807, 2.05) is 5.38 Å². The van der Waals surface area contributed by atoms with Gasteiger partial charge in [-0.2, -0.15) is 5.10 Å². The van der Waals surface area contributed by atoms with Crippen molar-refractivity contribution in [3.05, 3.63) is 27.9 Å². The number of ether oxygens (including phenoxy) is 1. The molecule has 6 nitrogen and oxygen atoms in total. The number of hydrogen-bond acceptors (Lipinski definition) is 6. The number of anilines is 1. The minimum atomic E-state index is -0.132. The van der Waals surface area contributed by atoms with Crippen molar-refractivity contribution < 1.29 is 4.74 Å². The van der Waals surface area contributed by atoms with E-state index in [9.17, 15) is 4.79 Å². The number of rotatable bonds is 8. The Hall–Kier alpha value is -1.73. The van der Waals surface area contributed by atoms with Crippen LogP contribution < -0.4 is 10.9 Å². The fraction of sp³-hybridized carbons (Fsp3) is 0.500. The third kappa shape index (κ3) is 4.37. The van der Waals surface area contributed by atoms with Crippen LogP contribution in [0.1, 0.15) is 19.8 Å². The predicted octanol–water partition coefficient (Wildman–Crippen LogP) is 2.23. The van der Waals surface area contributed by atoms with Gasteiger partial charge in [0.1, 0.15) is 11.4 Å². The van der Waals surface area contributed by atoms with Gasteiger partial charge in [-0.15, -0.1) is 11.3 Å². The lowest BCUT2D eigenvalue weighted by Crippen LogP contribution is -2.24. The van der Waals surface area contributed by atoms with Gasteiger partial charge in [0.25, 0.3) is 5.56 Å². The maximum atomic E-state index is 11.7. The molecule has 0 amide bonds. The molecule has 0 aromatic carbocycles. The van der Waals surface area contributed by atoms with Crippen LogP contribution >= 0.6 is 11.3 Å². The van der Waals surface area contributed by atoms with Crippen molar-refractivity contribution in [2.75, 3.05) is 25.6 Å². The van der Waals surface area contributed by atoms with Crippen LogP contribution in [0.2, 0.25) is 0 Å². The zero-order chi connectivity index (χ0) is 15.1. The lowest BCUT2D eigenvalue weighted by Gasteiger charge is -2.04. The Balaban J connectivity index is 2.12. The molecule has 21 heavy (non-hydrogen) atoms. The standard InChI is InChI=1S/C14H20N4O2S/c1-3-4-7-15-14-16-12(10-21-14)11-5-6-13(19)18(17-11)8-9-20-2/h5-6,10H,3-4,7-9H2,1-2H3,(H,15,16). The molecule has 114 valence electrons. The highest BCUT2D eigenvalue weighted by Crippen LogP contribution is 2.22. The van der Waals surface area contributed by atoms with Gasteiger partial charge < -0.3 is 10.1 Å². The molecule has 0 aliphatic rings. The van der Waals surface area contributed by atoms with Gasteiger partial charge in [-0.25, -0.2) is 9.67 Å². The van der Waals surface area contributed by atoms with E-state index in [4.69, 9.17) is 4.74 Å². The van der Waals surface area contributed by atoms with Crippen LogP contribution in [0, 0.1) is 0 Å². The fourth-order valence-electron chi connectivity index (χ4n) is 1.77. The van der Waals surface area contributed by atoms with Gasteiger partial charge in [-0.1, -0.05) is 13.3 Å². The molecule has 7 heteroatoms. The van der Waals surface area contributed by atoms with Gasteiger partial charge in [0.15, 0.2) is 5.13 Å². The van der Waals surface area contributed by atoms with E-state index in [0.29, 0.717) is 18.8 Å². The molecule has 0 spiro atoms. The number of methoxy groups -OCH3 is 1. The van der Waals surface area contributed by atoms with E-state index < -0.39 is 0 Å². The molecule has 0 atom stereocenters. The minimum absolute atomic E-state index is 0.132. The van der Waals surface area contributed by atoms with Gasteiger partial charge in [0.05, 0.1) is 13.2 Å². The fourth-order valence-corrected chi connectivity index (χ4v) is 2.50. The summed E-state index contributed by atoms with van der Waals surface area (Å²) < 4.78 is 6.39. The highest BCUT2D eigenvalue weighted by Gasteiger charge is 2.07. The summed E-state index contributed by atoms with van der Waals surface area (Å²) in [5, 5.41) is 10.4. The van der Waals surface area contributed by atoms with Gasteiger partial charge >= 0.3 is 0 Å². The van der Waals surface area contributed by atoms with Gasteiger partial charge in [0.2, 0.25) is 0 Å². The lowest BCUT2D eigenvalue weighted by atomic mass is 10.3. The number of aromatic nitrogens is 3. The topological polar surface area (TPSA) is 69.0 Å². The molecular weight excluding hydrogens is 288 g/mol. The second-order valence-electron chi connectivity index (χ2n) is 4.59. The summed E-state index contributed by atoms with van der Waals surface area (Å²) in [6.45, 7) is 3.97. The van der Waals surface area contributed by atoms with E-state index in [2.05, 4.69) is 22.3 Å². The third-order valence-electron chi connectivity index (χ3n) is 2.95. The monoisotopic (exact) mass is 308 g/mol. The van der Waals surface area contributed by atoms with E-state index in [0.717, 1.165) is 30.2 Å². The summed E-state index contributed by atoms with van der Waals surface area (Å²) >= 11 is 1.55. The van der Waals surface area contributed by atoms with Crippen molar-refractivity contribution in [2.45, 2.75) is 26.3 Å². The van der Waals surface area contributed by atoms with Crippen molar-refractivity contribution in [3.63, 3.8) is 0 Å². The number of thiazole rings is 1. The molecule has 2 heterocycles. The Morgan fingerprint density at radius 2 is 2.24 bits per heavy atom. The number of nitrogens with one attached hydrogen (secondary N) is 1. The molecular formula is C14H20N4O2S. The zero-order valence-electron chi connectivity index (χ0n) is 12.3. The van der Waals surface area contributed by atoms with Crippen LogP contribution in [-0.2, 0) is 11.3 Å². The Labute approximate surface area is 127 Å². The van der Waals surface area contributed by atoms with Crippen molar-refractivity contribution in [3.8, 4) is 11.4 Å². The first-order valence-electron chi connectivity index (χ1n) is 7.01. The molecule has 0 bridgehead atoms. The number of nitrogens with zero attached hydrogens (tertiary/aromatic N) is 3. The molecule has 0 aliphatic heterocycles.